The highest BCUT2D eigenvalue weighted by Crippen LogP contribution is 2.57. The number of ether oxygens (including phenoxy) is 2. The van der Waals surface area contributed by atoms with E-state index >= 15 is 26.3 Å². The van der Waals surface area contributed by atoms with Crippen molar-refractivity contribution in [2.24, 2.45) is 0 Å². The van der Waals surface area contributed by atoms with E-state index in [9.17, 15) is 26.3 Å². The van der Waals surface area contributed by atoms with E-state index in [1.165, 1.54) is 21.9 Å². The normalized spacial score (nSPS) is 15.7. The molecule has 0 N–H and O–H groups in total. The molecule has 0 unspecified atom stereocenters. The van der Waals surface area contributed by atoms with Gasteiger partial charge < -0.3 is 19.3 Å². The fourth-order valence-corrected chi connectivity index (χ4v) is 6.02. The highest BCUT2D eigenvalue weighted by Gasteiger charge is 2.72. The minimum Gasteiger partial charge on any atom is -0.473 e. The molecule has 2 aliphatic rings. The Bertz CT molecular complexity index is 1730. The maximum absolute atomic E-state index is 15.1. The Balaban J connectivity index is 1.41. The van der Waals surface area contributed by atoms with Crippen LogP contribution in [0.2, 0.25) is 0 Å². The Morgan fingerprint density at radius 2 is 0.837 bits per heavy atom. The molecule has 49 heavy (non-hydrogen) atoms. The maximum Gasteiger partial charge on any atom is 0.416 e. The van der Waals surface area contributed by atoms with Crippen LogP contribution in [0.3, 0.4) is 0 Å². The molecule has 0 amide bonds. The zero-order chi connectivity index (χ0) is 35.6. The van der Waals surface area contributed by atoms with Crippen LogP contribution in [0.15, 0.2) is 84.9 Å². The predicted octanol–water partition coefficient (Wildman–Crippen LogP) is 9.85. The number of alkyl halides is 12. The van der Waals surface area contributed by atoms with Gasteiger partial charge in [-0.1, -0.05) is 24.3 Å². The molecule has 0 aromatic heterocycles. The topological polar surface area (TPSA) is 24.9 Å². The van der Waals surface area contributed by atoms with E-state index in [2.05, 4.69) is 0 Å². The van der Waals surface area contributed by atoms with Crippen LogP contribution in [0.1, 0.15) is 33.4 Å². The second-order valence-electron chi connectivity index (χ2n) is 11.4. The quantitative estimate of drug-likeness (QED) is 0.198. The molecule has 260 valence electrons. The predicted molar refractivity (Wildman–Crippen MR) is 152 cm³/mol. The Kier molecular flexibility index (Phi) is 8.14. The SMILES string of the molecule is FC(F)(F)c1cccc(N2COc3ccc(C(c4ccc5c(c4)CN(c4cccc(C(F)(F)F)c4)CO5)(C(F)(F)F)C(F)(F)F)cc3C2)c1. The molecule has 0 saturated carbocycles. The first-order chi connectivity index (χ1) is 22.8. The fraction of sp³-hybridized carbons (Fsp3) is 0.273. The summed E-state index contributed by atoms with van der Waals surface area (Å²) in [5.74, 6) is -0.110. The molecular formula is C33H22F12N2O2. The lowest BCUT2D eigenvalue weighted by atomic mass is 9.72. The van der Waals surface area contributed by atoms with Crippen molar-refractivity contribution >= 4 is 11.4 Å². The van der Waals surface area contributed by atoms with Gasteiger partial charge in [-0.3, -0.25) is 0 Å². The Morgan fingerprint density at radius 1 is 0.449 bits per heavy atom. The number of fused-ring (bicyclic) bond motifs is 2. The zero-order valence-corrected chi connectivity index (χ0v) is 24.7. The van der Waals surface area contributed by atoms with Crippen LogP contribution < -0.4 is 19.3 Å². The zero-order valence-electron chi connectivity index (χ0n) is 24.7. The van der Waals surface area contributed by atoms with Gasteiger partial charge in [0, 0.05) is 35.6 Å². The molecule has 0 spiro atoms. The van der Waals surface area contributed by atoms with Crippen LogP contribution >= 0.6 is 0 Å². The van der Waals surface area contributed by atoms with E-state index in [-0.39, 0.29) is 60.6 Å². The number of hydrogen-bond donors (Lipinski definition) is 0. The molecule has 0 saturated heterocycles. The van der Waals surface area contributed by atoms with E-state index in [1.54, 1.807) is 0 Å². The third-order valence-electron chi connectivity index (χ3n) is 8.39. The van der Waals surface area contributed by atoms with Crippen molar-refractivity contribution in [2.45, 2.75) is 43.2 Å². The average molecular weight is 707 g/mol. The van der Waals surface area contributed by atoms with Crippen molar-refractivity contribution in [1.29, 1.82) is 0 Å². The van der Waals surface area contributed by atoms with Crippen molar-refractivity contribution < 1.29 is 62.2 Å². The third-order valence-corrected chi connectivity index (χ3v) is 8.39. The lowest BCUT2D eigenvalue weighted by Crippen LogP contribution is -2.55. The first kappa shape index (κ1) is 34.1. The highest BCUT2D eigenvalue weighted by atomic mass is 19.4. The van der Waals surface area contributed by atoms with E-state index < -0.39 is 52.4 Å². The van der Waals surface area contributed by atoms with Gasteiger partial charge >= 0.3 is 24.7 Å². The third kappa shape index (κ3) is 6.16. The molecule has 0 atom stereocenters. The van der Waals surface area contributed by atoms with Gasteiger partial charge in [-0.15, -0.1) is 0 Å². The Morgan fingerprint density at radius 3 is 1.18 bits per heavy atom. The number of benzene rings is 4. The molecule has 0 fully saturated rings. The Hall–Kier alpha value is -4.76. The minimum absolute atomic E-state index is 0.0243. The molecule has 4 nitrogen and oxygen atoms in total. The summed E-state index contributed by atoms with van der Waals surface area (Å²) in [6.07, 6.45) is -21.4. The van der Waals surface area contributed by atoms with Gasteiger partial charge in [-0.2, -0.15) is 52.7 Å². The number of anilines is 2. The molecular weight excluding hydrogens is 684 g/mol. The smallest absolute Gasteiger partial charge is 0.416 e. The molecule has 2 aliphatic heterocycles. The first-order valence-electron chi connectivity index (χ1n) is 14.3. The molecule has 4 aromatic carbocycles. The Labute approximate surface area is 270 Å². The second kappa shape index (κ2) is 11.7. The van der Waals surface area contributed by atoms with Crippen molar-refractivity contribution in [3.8, 4) is 11.5 Å². The number of hydrogen-bond acceptors (Lipinski definition) is 4. The summed E-state index contributed by atoms with van der Waals surface area (Å²) in [4.78, 5) is 2.45. The van der Waals surface area contributed by atoms with E-state index in [0.29, 0.717) is 24.3 Å². The van der Waals surface area contributed by atoms with Crippen molar-refractivity contribution in [3.63, 3.8) is 0 Å². The van der Waals surface area contributed by atoms with Crippen LogP contribution in [-0.4, -0.2) is 25.8 Å². The fourth-order valence-electron chi connectivity index (χ4n) is 6.02. The van der Waals surface area contributed by atoms with Gasteiger partial charge in [0.25, 0.3) is 0 Å². The molecule has 0 radical (unpaired) electrons. The van der Waals surface area contributed by atoms with Crippen LogP contribution in [-0.2, 0) is 30.9 Å². The highest BCUT2D eigenvalue weighted by molar-refractivity contribution is 5.57. The van der Waals surface area contributed by atoms with Crippen LogP contribution in [0.25, 0.3) is 0 Å². The van der Waals surface area contributed by atoms with Crippen molar-refractivity contribution in [1.82, 2.24) is 0 Å². The summed E-state index contributed by atoms with van der Waals surface area (Å²) >= 11 is 0. The van der Waals surface area contributed by atoms with E-state index in [4.69, 9.17) is 9.47 Å². The molecule has 2 heterocycles. The maximum atomic E-state index is 15.1. The number of rotatable bonds is 4. The van der Waals surface area contributed by atoms with Crippen molar-refractivity contribution in [3.05, 3.63) is 118 Å². The lowest BCUT2D eigenvalue weighted by Gasteiger charge is -2.40. The number of nitrogens with zero attached hydrogens (tertiary/aromatic N) is 2. The van der Waals surface area contributed by atoms with Crippen molar-refractivity contribution in [2.75, 3.05) is 23.3 Å². The van der Waals surface area contributed by atoms with E-state index in [0.717, 1.165) is 48.5 Å². The van der Waals surface area contributed by atoms with Gasteiger partial charge in [0.15, 0.2) is 13.5 Å². The summed E-state index contributed by atoms with van der Waals surface area (Å²) in [6.45, 7) is -1.41. The summed E-state index contributed by atoms with van der Waals surface area (Å²) in [7, 11) is 0. The minimum atomic E-state index is -5.99. The van der Waals surface area contributed by atoms with Crippen LogP contribution in [0, 0.1) is 0 Å². The number of halogens is 12. The largest absolute Gasteiger partial charge is 0.473 e. The first-order valence-corrected chi connectivity index (χ1v) is 14.3. The van der Waals surface area contributed by atoms with Gasteiger partial charge in [0.1, 0.15) is 11.5 Å². The molecule has 4 aromatic rings. The van der Waals surface area contributed by atoms with Gasteiger partial charge in [0.2, 0.25) is 5.41 Å². The van der Waals surface area contributed by atoms with Gasteiger partial charge in [-0.25, -0.2) is 0 Å². The second-order valence-corrected chi connectivity index (χ2v) is 11.4. The summed E-state index contributed by atoms with van der Waals surface area (Å²) in [5, 5.41) is 0. The molecule has 6 rings (SSSR count). The van der Waals surface area contributed by atoms with Gasteiger partial charge in [-0.05, 0) is 71.8 Å². The lowest BCUT2D eigenvalue weighted by molar-refractivity contribution is -0.288. The summed E-state index contributed by atoms with van der Waals surface area (Å²) < 4.78 is 181. The van der Waals surface area contributed by atoms with Crippen LogP contribution in [0.4, 0.5) is 64.1 Å². The van der Waals surface area contributed by atoms with Crippen LogP contribution in [0.5, 0.6) is 11.5 Å². The monoisotopic (exact) mass is 706 g/mol. The molecule has 0 bridgehead atoms. The average Bonchev–Trinajstić information content (AvgIpc) is 3.02. The summed E-state index contributed by atoms with van der Waals surface area (Å²) in [5.41, 5.74) is -9.43. The standard InChI is InChI=1S/C33H22F12N2O2/c34-30(35,36)23-3-1-5-25(13-23)46-15-19-11-21(7-9-27(19)48-17-46)29(32(40,41)42,33(43,44)45)22-8-10-28-20(12-22)16-47(18-49-28)26-6-2-4-24(14-26)31(37,38)39/h1-14H,15-18H2. The molecule has 0 aliphatic carbocycles. The summed E-state index contributed by atoms with van der Waals surface area (Å²) in [6, 6.07) is 12.5. The van der Waals surface area contributed by atoms with E-state index in [1.807, 2.05) is 0 Å². The molecule has 16 heteroatoms. The van der Waals surface area contributed by atoms with Gasteiger partial charge in [0.05, 0.1) is 11.1 Å².